The quantitative estimate of drug-likeness (QED) is 0.0115. The van der Waals surface area contributed by atoms with Crippen molar-refractivity contribution in [3.05, 3.63) is 218 Å². The number of rotatable bonds is 27. The molecule has 0 amide bonds. The summed E-state index contributed by atoms with van der Waals surface area (Å²) < 4.78 is 148. The van der Waals surface area contributed by atoms with Crippen LogP contribution in [0.25, 0.3) is 0 Å². The summed E-state index contributed by atoms with van der Waals surface area (Å²) >= 11 is 0. The average molecular weight is 1810 g/mol. The van der Waals surface area contributed by atoms with Crippen LogP contribution in [0, 0.1) is 16.2 Å². The number of hydrogen-bond donors (Lipinski definition) is 0. The van der Waals surface area contributed by atoms with E-state index in [2.05, 4.69) is 230 Å². The maximum Gasteiger partial charge on any atom is 0.367 e. The lowest BCUT2D eigenvalue weighted by Gasteiger charge is -2.38. The fraction of sp³-hybridized carbons (Fsp3) is 0.468. The summed E-state index contributed by atoms with van der Waals surface area (Å²) in [6, 6.07) is 64.3. The average Bonchev–Trinajstić information content (AvgIpc) is 1.18. The molecule has 4 aliphatic rings. The Bertz CT molecular complexity index is 4300. The van der Waals surface area contributed by atoms with E-state index >= 15 is 0 Å². The summed E-state index contributed by atoms with van der Waals surface area (Å²) in [7, 11) is -11.7. The van der Waals surface area contributed by atoms with Gasteiger partial charge in [0.05, 0.1) is 51.2 Å². The zero-order valence-corrected chi connectivity index (χ0v) is 76.8. The number of benzene rings is 6. The smallest absolute Gasteiger partial charge is 0.367 e. The molecule has 2 aliphatic carbocycles. The first-order valence-corrected chi connectivity index (χ1v) is 46.3. The zero-order chi connectivity index (χ0) is 93.3. The van der Waals surface area contributed by atoms with E-state index in [0.717, 1.165) is 44.9 Å². The summed E-state index contributed by atoms with van der Waals surface area (Å²) in [5.74, 6) is -4.17. The molecular weight excluding hydrogens is 1690 g/mol. The second-order valence-electron chi connectivity index (χ2n) is 31.6. The van der Waals surface area contributed by atoms with E-state index in [9.17, 15) is 81.9 Å². The molecule has 6 aromatic rings. The Balaban J connectivity index is 0.000000368. The number of ether oxygens (including phenoxy) is 8. The van der Waals surface area contributed by atoms with Gasteiger partial charge in [0.15, 0.2) is 62.8 Å². The van der Waals surface area contributed by atoms with Crippen molar-refractivity contribution in [2.75, 3.05) is 26.4 Å². The van der Waals surface area contributed by atoms with Gasteiger partial charge >= 0.3 is 58.3 Å². The molecule has 682 valence electrons. The van der Waals surface area contributed by atoms with Gasteiger partial charge < -0.3 is 47.0 Å². The van der Waals surface area contributed by atoms with Crippen LogP contribution < -0.4 is 0 Å². The number of halogens is 4. The first kappa shape index (κ1) is 109. The minimum absolute atomic E-state index is 0.0146. The highest BCUT2D eigenvalue weighted by atomic mass is 32.2. The van der Waals surface area contributed by atoms with Crippen LogP contribution in [0.1, 0.15) is 206 Å². The van der Waals surface area contributed by atoms with Gasteiger partial charge in [-0.15, -0.1) is 0 Å². The fourth-order valence-corrected chi connectivity index (χ4v) is 15.7. The zero-order valence-electron chi connectivity index (χ0n) is 73.6. The van der Waals surface area contributed by atoms with Crippen LogP contribution in [0.3, 0.4) is 0 Å². The van der Waals surface area contributed by atoms with Crippen LogP contribution in [-0.2, 0) is 118 Å². The molecule has 2 heterocycles. The number of carbonyl (C=O) groups excluding carboxylic acids is 8. The van der Waals surface area contributed by atoms with Crippen molar-refractivity contribution in [2.24, 2.45) is 16.2 Å². The summed E-state index contributed by atoms with van der Waals surface area (Å²) in [6.07, 6.45) is 14.7. The van der Waals surface area contributed by atoms with Crippen LogP contribution in [0.15, 0.2) is 248 Å². The van der Waals surface area contributed by atoms with E-state index in [1.54, 1.807) is 27.7 Å². The maximum atomic E-state index is 12.6. The number of cyclic esters (lactones) is 2. The van der Waals surface area contributed by atoms with E-state index < -0.39 is 96.8 Å². The lowest BCUT2D eigenvalue weighted by Crippen LogP contribution is -2.40. The van der Waals surface area contributed by atoms with E-state index in [1.807, 2.05) is 27.7 Å². The minimum atomic E-state index is -5.81. The van der Waals surface area contributed by atoms with Crippen molar-refractivity contribution in [3.8, 4) is 0 Å². The Morgan fingerprint density at radius 1 is 0.403 bits per heavy atom. The van der Waals surface area contributed by atoms with Crippen LogP contribution in [0.5, 0.6) is 0 Å². The molecular formula is C94H122F4O22S4. The van der Waals surface area contributed by atoms with Gasteiger partial charge in [-0.05, 0) is 219 Å². The third-order valence-electron chi connectivity index (χ3n) is 20.4. The second kappa shape index (κ2) is 51.8. The summed E-state index contributed by atoms with van der Waals surface area (Å²) in [5.41, 5.74) is -1.58. The molecule has 0 bridgehead atoms. The lowest BCUT2D eigenvalue weighted by atomic mass is 9.82. The van der Waals surface area contributed by atoms with Gasteiger partial charge in [0.2, 0.25) is 12.2 Å². The van der Waals surface area contributed by atoms with E-state index in [4.69, 9.17) is 23.7 Å². The molecule has 2 atom stereocenters. The minimum Gasteiger partial charge on any atom is -0.743 e. The fourth-order valence-electron chi connectivity index (χ4n) is 11.1. The van der Waals surface area contributed by atoms with Gasteiger partial charge in [0, 0.05) is 29.6 Å². The molecule has 124 heavy (non-hydrogen) atoms. The highest BCUT2D eigenvalue weighted by Crippen LogP contribution is 2.39. The second-order valence-corrected chi connectivity index (χ2v) is 38.6. The first-order chi connectivity index (χ1) is 58.0. The SMILES string of the molecule is C=C(C)C(=O)OC1(CC)CCCCC1.C=C(C)C(=O)OC1CCOC1=O.C=C(C)C(=O)OCC(F)(F)S(=O)(=O)[O-].CCC(C)(C)C(=O)OC1CCOC1=O.CCC(C)(C)C(=O)OCC(F)(F)S(=O)(=O)[O-].CCC1(OC(=O)C(C)(C)CC)CCCCC1.c1ccc([S+](c2ccccc2)c2ccccc2)cc1.c1ccc([S+](c2ccccc2)c2ccccc2)cc1. The number of hydrogen-bond acceptors (Lipinski definition) is 22. The van der Waals surface area contributed by atoms with Crippen molar-refractivity contribution < 1.29 is 120 Å². The van der Waals surface area contributed by atoms with Gasteiger partial charge in [-0.25, -0.2) is 40.8 Å². The number of esters is 8. The lowest BCUT2D eigenvalue weighted by molar-refractivity contribution is -0.175. The molecule has 0 spiro atoms. The van der Waals surface area contributed by atoms with Crippen LogP contribution in [0.2, 0.25) is 0 Å². The summed E-state index contributed by atoms with van der Waals surface area (Å²) in [6.45, 7) is 31.9. The molecule has 2 aliphatic heterocycles. The predicted octanol–water partition coefficient (Wildman–Crippen LogP) is 19.9. The van der Waals surface area contributed by atoms with Gasteiger partial charge in [-0.2, -0.15) is 17.6 Å². The topological polar surface area (TPSA) is 325 Å². The van der Waals surface area contributed by atoms with Crippen molar-refractivity contribution in [1.29, 1.82) is 0 Å². The standard InChI is InChI=1S/2C18H15S.C14H26O2.C12H20O2.C10H16O4.C8H14F2O5S.C8H10O4.C6H8F2O5S/c2*1-4-10-16(11-5-1)19(17-12-6-2-7-13-17)18-14-8-3-9-15-18;1-5-13(3,4)12(15)16-14(6-2)10-8-7-9-11-14;1-4-12(8-6-5-7-9-12)14-11(13)10(2)3;1-4-10(2,3)9(12)14-7-5-6-13-8(7)11;1-4-7(2,3)6(11)15-5-8(9,10)16(12,13)14;1-5(2)7(9)12-6-3-4-11-8(6)10;1-4(2)5(9)13-3-6(7,8)14(10,11)12/h2*1-15H;5-11H2,1-4H3;2,4-9H2,1,3H3;7H,4-6H2,1-3H3;4-5H2,1-3H3,(H,12,13,14);6H,1,3-4H2,2H3;1,3H2,2H3,(H,10,11,12)/q2*+1;;;;;;/p-2. The molecule has 6 aromatic carbocycles. The van der Waals surface area contributed by atoms with Crippen molar-refractivity contribution in [1.82, 2.24) is 0 Å². The van der Waals surface area contributed by atoms with Gasteiger partial charge in [-0.3, -0.25) is 14.4 Å². The predicted molar refractivity (Wildman–Crippen MR) is 466 cm³/mol. The van der Waals surface area contributed by atoms with Gasteiger partial charge in [0.25, 0.3) is 0 Å². The molecule has 2 unspecified atom stereocenters. The van der Waals surface area contributed by atoms with Crippen molar-refractivity contribution in [3.63, 3.8) is 0 Å². The van der Waals surface area contributed by atoms with Gasteiger partial charge in [0.1, 0.15) is 11.2 Å². The highest BCUT2D eigenvalue weighted by Gasteiger charge is 2.44. The monoisotopic (exact) mass is 1810 g/mol. The van der Waals surface area contributed by atoms with Crippen molar-refractivity contribution in [2.45, 2.75) is 269 Å². The normalized spacial score (nSPS) is 15.9. The largest absolute Gasteiger partial charge is 0.743 e. The third-order valence-corrected chi connectivity index (χ3v) is 26.6. The molecule has 0 aromatic heterocycles. The molecule has 0 N–H and O–H groups in total. The van der Waals surface area contributed by atoms with E-state index in [0.29, 0.717) is 44.5 Å². The van der Waals surface area contributed by atoms with Crippen LogP contribution >= 0.6 is 0 Å². The molecule has 4 fully saturated rings. The highest BCUT2D eigenvalue weighted by molar-refractivity contribution is 7.97. The Morgan fingerprint density at radius 2 is 0.669 bits per heavy atom. The van der Waals surface area contributed by atoms with E-state index in [-0.39, 0.29) is 67.5 Å². The third kappa shape index (κ3) is 36.6. The molecule has 30 heteroatoms. The number of alkyl halides is 4. The van der Waals surface area contributed by atoms with Crippen molar-refractivity contribution >= 4 is 89.8 Å². The molecule has 2 saturated heterocycles. The number of carbonyl (C=O) groups is 8. The summed E-state index contributed by atoms with van der Waals surface area (Å²) in [5, 5.41) is -9.20. The maximum absolute atomic E-state index is 12.6. The van der Waals surface area contributed by atoms with E-state index in [1.165, 1.54) is 95.6 Å². The molecule has 10 rings (SSSR count). The Labute approximate surface area is 735 Å². The molecule has 2 saturated carbocycles. The Hall–Kier alpha value is -9.46. The summed E-state index contributed by atoms with van der Waals surface area (Å²) in [4.78, 5) is 97.8. The van der Waals surface area contributed by atoms with Crippen LogP contribution in [0.4, 0.5) is 17.6 Å². The molecule has 0 radical (unpaired) electrons. The Morgan fingerprint density at radius 3 is 0.927 bits per heavy atom. The van der Waals surface area contributed by atoms with Crippen LogP contribution in [-0.4, -0.2) is 134 Å². The Kier molecular flexibility index (Phi) is 45.5. The molecule has 22 nitrogen and oxygen atoms in total. The van der Waals surface area contributed by atoms with Gasteiger partial charge in [-0.1, -0.05) is 176 Å². The first-order valence-electron chi connectivity index (χ1n) is 41.0.